The Hall–Kier alpha value is -3.96. The first-order valence-electron chi connectivity index (χ1n) is 8.53. The molecular formula is C17H19N7O5. The molecule has 12 heteroatoms. The van der Waals surface area contributed by atoms with Gasteiger partial charge in [0.05, 0.1) is 23.4 Å². The maximum Gasteiger partial charge on any atom is 0.307 e. The lowest BCUT2D eigenvalue weighted by molar-refractivity contribution is -0.385. The second-order valence-corrected chi connectivity index (χ2v) is 6.74. The molecule has 0 atom stereocenters. The van der Waals surface area contributed by atoms with Crippen LogP contribution in [0.5, 0.6) is 0 Å². The van der Waals surface area contributed by atoms with E-state index in [1.807, 2.05) is 0 Å². The number of rotatable bonds is 7. The van der Waals surface area contributed by atoms with E-state index >= 15 is 0 Å². The van der Waals surface area contributed by atoms with Gasteiger partial charge in [-0.15, -0.1) is 0 Å². The molecule has 29 heavy (non-hydrogen) atoms. The minimum absolute atomic E-state index is 0.0228. The van der Waals surface area contributed by atoms with Crippen molar-refractivity contribution < 1.29 is 18.9 Å². The highest BCUT2D eigenvalue weighted by atomic mass is 16.6. The number of aromatic nitrogens is 4. The second kappa shape index (κ2) is 7.58. The second-order valence-electron chi connectivity index (χ2n) is 6.74. The van der Waals surface area contributed by atoms with Crippen LogP contribution >= 0.6 is 0 Å². The molecular weight excluding hydrogens is 382 g/mol. The molecule has 3 rings (SSSR count). The normalized spacial score (nSPS) is 11.3. The quantitative estimate of drug-likeness (QED) is 0.449. The van der Waals surface area contributed by atoms with Gasteiger partial charge in [0.2, 0.25) is 0 Å². The molecule has 3 heterocycles. The molecule has 2 N–H and O–H groups in total. The molecule has 0 aliphatic heterocycles. The molecule has 0 spiro atoms. The molecule has 3 aromatic rings. The molecule has 0 saturated carbocycles. The number of anilines is 1. The maximum absolute atomic E-state index is 12.8. The van der Waals surface area contributed by atoms with Crippen LogP contribution in [-0.2, 0) is 23.9 Å². The molecule has 0 aliphatic rings. The van der Waals surface area contributed by atoms with Crippen molar-refractivity contribution in [3.05, 3.63) is 58.6 Å². The van der Waals surface area contributed by atoms with Crippen molar-refractivity contribution in [1.29, 1.82) is 0 Å². The van der Waals surface area contributed by atoms with Crippen LogP contribution < -0.4 is 10.6 Å². The minimum atomic E-state index is -1.26. The zero-order chi connectivity index (χ0) is 21.2. The molecule has 0 radical (unpaired) electrons. The van der Waals surface area contributed by atoms with Crippen molar-refractivity contribution in [1.82, 2.24) is 24.9 Å². The van der Waals surface area contributed by atoms with Crippen LogP contribution in [0.4, 0.5) is 11.4 Å². The summed E-state index contributed by atoms with van der Waals surface area (Å²) in [5.41, 5.74) is -1.27. The van der Waals surface area contributed by atoms with Crippen molar-refractivity contribution >= 4 is 23.2 Å². The average Bonchev–Trinajstić information content (AvgIpc) is 3.40. The Morgan fingerprint density at radius 2 is 2.10 bits per heavy atom. The van der Waals surface area contributed by atoms with Gasteiger partial charge >= 0.3 is 5.69 Å². The van der Waals surface area contributed by atoms with E-state index in [0.717, 1.165) is 6.20 Å². The molecule has 0 fully saturated rings. The predicted octanol–water partition coefficient (Wildman–Crippen LogP) is 1.42. The highest BCUT2D eigenvalue weighted by Gasteiger charge is 2.33. The smallest absolute Gasteiger partial charge is 0.307 e. The van der Waals surface area contributed by atoms with Crippen LogP contribution in [0, 0.1) is 10.1 Å². The van der Waals surface area contributed by atoms with E-state index in [-0.39, 0.29) is 23.6 Å². The van der Waals surface area contributed by atoms with E-state index in [0.29, 0.717) is 5.76 Å². The lowest BCUT2D eigenvalue weighted by Crippen LogP contribution is -2.41. The molecule has 0 aromatic carbocycles. The highest BCUT2D eigenvalue weighted by molar-refractivity contribution is 6.03. The van der Waals surface area contributed by atoms with Gasteiger partial charge in [-0.1, -0.05) is 0 Å². The summed E-state index contributed by atoms with van der Waals surface area (Å²) in [6.07, 6.45) is 5.21. The van der Waals surface area contributed by atoms with Gasteiger partial charge < -0.3 is 15.1 Å². The fraction of sp³-hybridized carbons (Fsp3) is 0.294. The van der Waals surface area contributed by atoms with E-state index in [2.05, 4.69) is 20.8 Å². The number of hydrogen-bond acceptors (Lipinski definition) is 7. The molecule has 0 bridgehead atoms. The van der Waals surface area contributed by atoms with Gasteiger partial charge in [0.25, 0.3) is 11.8 Å². The van der Waals surface area contributed by atoms with Crippen molar-refractivity contribution in [2.75, 3.05) is 5.32 Å². The third kappa shape index (κ3) is 4.15. The summed E-state index contributed by atoms with van der Waals surface area (Å²) in [6.45, 7) is 3.26. The van der Waals surface area contributed by atoms with Crippen LogP contribution in [0.25, 0.3) is 0 Å². The number of hydrogen-bond donors (Lipinski definition) is 2. The van der Waals surface area contributed by atoms with Gasteiger partial charge in [0.15, 0.2) is 5.69 Å². The third-order valence-electron chi connectivity index (χ3n) is 4.20. The van der Waals surface area contributed by atoms with E-state index in [4.69, 9.17) is 4.42 Å². The first-order valence-corrected chi connectivity index (χ1v) is 8.53. The van der Waals surface area contributed by atoms with Gasteiger partial charge in [0.1, 0.15) is 23.7 Å². The molecule has 152 valence electrons. The molecule has 0 saturated heterocycles. The first kappa shape index (κ1) is 19.8. The van der Waals surface area contributed by atoms with E-state index in [1.54, 1.807) is 33.0 Å². The minimum Gasteiger partial charge on any atom is -0.467 e. The standard InChI is InChI=1S/C17H19N7O5/c1-17(2,23-9-11(7-19-23)24(27)28)16(26)20-13-10-22(3)21-14(13)15(25)18-8-12-5-4-6-29-12/h4-7,9-10H,8H2,1-3H3,(H,18,25)(H,20,26). The Labute approximate surface area is 164 Å². The van der Waals surface area contributed by atoms with Gasteiger partial charge in [0, 0.05) is 13.2 Å². The van der Waals surface area contributed by atoms with Crippen molar-refractivity contribution in [2.45, 2.75) is 25.9 Å². The van der Waals surface area contributed by atoms with Crippen molar-refractivity contribution in [3.8, 4) is 0 Å². The van der Waals surface area contributed by atoms with Gasteiger partial charge in [-0.25, -0.2) is 0 Å². The molecule has 12 nitrogen and oxygen atoms in total. The summed E-state index contributed by atoms with van der Waals surface area (Å²) < 4.78 is 7.74. The number of amides is 2. The lowest BCUT2D eigenvalue weighted by atomic mass is 10.0. The number of carbonyl (C=O) groups excluding carboxylic acids is 2. The van der Waals surface area contributed by atoms with Crippen LogP contribution in [0.1, 0.15) is 30.1 Å². The fourth-order valence-electron chi connectivity index (χ4n) is 2.50. The van der Waals surface area contributed by atoms with Gasteiger partial charge in [-0.05, 0) is 26.0 Å². The average molecular weight is 401 g/mol. The van der Waals surface area contributed by atoms with Crippen LogP contribution in [0.3, 0.4) is 0 Å². The van der Waals surface area contributed by atoms with E-state index in [9.17, 15) is 19.7 Å². The summed E-state index contributed by atoms with van der Waals surface area (Å²) in [5, 5.41) is 24.2. The Bertz CT molecular complexity index is 1050. The van der Waals surface area contributed by atoms with Gasteiger partial charge in [-0.3, -0.25) is 29.1 Å². The Morgan fingerprint density at radius 1 is 1.34 bits per heavy atom. The zero-order valence-electron chi connectivity index (χ0n) is 15.9. The Balaban J connectivity index is 1.75. The molecule has 0 unspecified atom stereocenters. The van der Waals surface area contributed by atoms with Gasteiger partial charge in [-0.2, -0.15) is 10.2 Å². The summed E-state index contributed by atoms with van der Waals surface area (Å²) in [6, 6.07) is 3.42. The zero-order valence-corrected chi connectivity index (χ0v) is 15.9. The fourth-order valence-corrected chi connectivity index (χ4v) is 2.50. The SMILES string of the molecule is Cn1cc(NC(=O)C(C)(C)n2cc([N+](=O)[O-])cn2)c(C(=O)NCc2ccco2)n1. The Morgan fingerprint density at radius 3 is 2.72 bits per heavy atom. The Kier molecular flexibility index (Phi) is 5.17. The highest BCUT2D eigenvalue weighted by Crippen LogP contribution is 2.22. The number of nitrogens with zero attached hydrogens (tertiary/aromatic N) is 5. The molecule has 0 aliphatic carbocycles. The first-order chi connectivity index (χ1) is 13.7. The largest absolute Gasteiger partial charge is 0.467 e. The lowest BCUT2D eigenvalue weighted by Gasteiger charge is -2.23. The van der Waals surface area contributed by atoms with E-state index < -0.39 is 22.3 Å². The van der Waals surface area contributed by atoms with Crippen molar-refractivity contribution in [3.63, 3.8) is 0 Å². The predicted molar refractivity (Wildman–Crippen MR) is 99.9 cm³/mol. The summed E-state index contributed by atoms with van der Waals surface area (Å²) in [7, 11) is 1.61. The third-order valence-corrected chi connectivity index (χ3v) is 4.20. The number of aryl methyl sites for hydroxylation is 1. The molecule has 2 amide bonds. The number of furan rings is 1. The maximum atomic E-state index is 12.8. The monoisotopic (exact) mass is 401 g/mol. The molecule has 3 aromatic heterocycles. The summed E-state index contributed by atoms with van der Waals surface area (Å²) >= 11 is 0. The topological polar surface area (TPSA) is 150 Å². The summed E-state index contributed by atoms with van der Waals surface area (Å²) in [5.74, 6) is -0.449. The van der Waals surface area contributed by atoms with Crippen LogP contribution in [0.2, 0.25) is 0 Å². The summed E-state index contributed by atoms with van der Waals surface area (Å²) in [4.78, 5) is 35.6. The number of nitrogens with one attached hydrogen (secondary N) is 2. The van der Waals surface area contributed by atoms with Crippen LogP contribution in [0.15, 0.2) is 41.4 Å². The number of nitro groups is 1. The van der Waals surface area contributed by atoms with Crippen LogP contribution in [-0.4, -0.2) is 36.3 Å². The number of carbonyl (C=O) groups is 2. The van der Waals surface area contributed by atoms with Crippen molar-refractivity contribution in [2.24, 2.45) is 7.05 Å². The van der Waals surface area contributed by atoms with E-state index in [1.165, 1.54) is 28.0 Å².